The maximum absolute atomic E-state index is 6.08. The first-order valence-corrected chi connectivity index (χ1v) is 6.12. The zero-order chi connectivity index (χ0) is 10.8. The van der Waals surface area contributed by atoms with Crippen LogP contribution in [0.4, 0.5) is 0 Å². The highest BCUT2D eigenvalue weighted by molar-refractivity contribution is 6.33. The molecule has 2 N–H and O–H groups in total. The Hall–Kier alpha value is -0.240. The largest absolute Gasteiger partial charge is 0.327 e. The summed E-state index contributed by atoms with van der Waals surface area (Å²) < 4.78 is 0. The molecule has 0 bridgehead atoms. The summed E-state index contributed by atoms with van der Waals surface area (Å²) in [5.41, 5.74) is 7.15. The van der Waals surface area contributed by atoms with Crippen LogP contribution in [0.1, 0.15) is 24.8 Å². The van der Waals surface area contributed by atoms with Gasteiger partial charge in [0.1, 0.15) is 0 Å². The quantitative estimate of drug-likeness (QED) is 0.859. The normalized spacial score (nSPS) is 17.8. The van der Waals surface area contributed by atoms with Gasteiger partial charge in [0.15, 0.2) is 0 Å². The van der Waals surface area contributed by atoms with Gasteiger partial charge < -0.3 is 5.73 Å². The highest BCUT2D eigenvalue weighted by Gasteiger charge is 2.27. The Kier molecular flexibility index (Phi) is 3.55. The van der Waals surface area contributed by atoms with E-state index in [2.05, 4.69) is 0 Å². The van der Waals surface area contributed by atoms with Crippen LogP contribution in [0.2, 0.25) is 10.0 Å². The Morgan fingerprint density at radius 1 is 1.33 bits per heavy atom. The summed E-state index contributed by atoms with van der Waals surface area (Å²) in [4.78, 5) is 0. The molecule has 1 saturated carbocycles. The molecule has 0 radical (unpaired) electrons. The molecule has 2 rings (SSSR count). The molecule has 1 aromatic rings. The summed E-state index contributed by atoms with van der Waals surface area (Å²) in [7, 11) is 0. The second-order valence-electron chi connectivity index (χ2n) is 4.28. The van der Waals surface area contributed by atoms with Gasteiger partial charge in [0.2, 0.25) is 0 Å². The lowest BCUT2D eigenvalue weighted by molar-refractivity contribution is 0.550. The third kappa shape index (κ3) is 3.10. The van der Waals surface area contributed by atoms with Gasteiger partial charge in [-0.2, -0.15) is 0 Å². The first-order chi connectivity index (χ1) is 7.16. The second-order valence-corrected chi connectivity index (χ2v) is 5.12. The van der Waals surface area contributed by atoms with Crippen LogP contribution >= 0.6 is 23.2 Å². The second kappa shape index (κ2) is 4.73. The summed E-state index contributed by atoms with van der Waals surface area (Å²) in [5.74, 6) is 0.753. The van der Waals surface area contributed by atoms with Crippen molar-refractivity contribution in [3.05, 3.63) is 33.8 Å². The van der Waals surface area contributed by atoms with Crippen molar-refractivity contribution < 1.29 is 0 Å². The minimum absolute atomic E-state index is 0.333. The number of nitrogens with two attached hydrogens (primary N) is 1. The molecule has 1 nitrogen and oxygen atoms in total. The Balaban J connectivity index is 1.94. The number of hydrogen-bond donors (Lipinski definition) is 1. The number of halogens is 2. The molecule has 1 aromatic carbocycles. The molecule has 0 heterocycles. The van der Waals surface area contributed by atoms with Gasteiger partial charge >= 0.3 is 0 Å². The first kappa shape index (κ1) is 11.3. The maximum atomic E-state index is 6.08. The fourth-order valence-corrected chi connectivity index (χ4v) is 2.22. The first-order valence-electron chi connectivity index (χ1n) is 5.36. The van der Waals surface area contributed by atoms with E-state index in [0.717, 1.165) is 34.4 Å². The monoisotopic (exact) mass is 243 g/mol. The van der Waals surface area contributed by atoms with Crippen molar-refractivity contribution in [1.29, 1.82) is 0 Å². The van der Waals surface area contributed by atoms with Crippen molar-refractivity contribution >= 4 is 23.2 Å². The predicted octanol–water partition coefficient (Wildman–Crippen LogP) is 3.66. The SMILES string of the molecule is NC(CCc1cc(Cl)ccc1Cl)C1CC1. The zero-order valence-corrected chi connectivity index (χ0v) is 10.1. The van der Waals surface area contributed by atoms with Crippen LogP contribution in [0.25, 0.3) is 0 Å². The third-order valence-corrected chi connectivity index (χ3v) is 3.59. The van der Waals surface area contributed by atoms with Gasteiger partial charge in [-0.15, -0.1) is 0 Å². The zero-order valence-electron chi connectivity index (χ0n) is 8.55. The van der Waals surface area contributed by atoms with E-state index < -0.39 is 0 Å². The summed E-state index contributed by atoms with van der Waals surface area (Å²) in [6, 6.07) is 5.93. The molecule has 1 fully saturated rings. The standard InChI is InChI=1S/C12H15Cl2N/c13-10-4-5-11(14)9(7-10)3-6-12(15)8-1-2-8/h4-5,7-8,12H,1-3,6,15H2. The van der Waals surface area contributed by atoms with Crippen molar-refractivity contribution in [2.45, 2.75) is 31.7 Å². The summed E-state index contributed by atoms with van der Waals surface area (Å²) in [6.45, 7) is 0. The van der Waals surface area contributed by atoms with Gasteiger partial charge in [0.25, 0.3) is 0 Å². The van der Waals surface area contributed by atoms with Crippen LogP contribution in [-0.4, -0.2) is 6.04 Å². The lowest BCUT2D eigenvalue weighted by Crippen LogP contribution is -2.22. The molecule has 1 unspecified atom stereocenters. The lowest BCUT2D eigenvalue weighted by Gasteiger charge is -2.10. The average molecular weight is 244 g/mol. The van der Waals surface area contributed by atoms with Gasteiger partial charge in [0, 0.05) is 16.1 Å². The van der Waals surface area contributed by atoms with E-state index in [9.17, 15) is 0 Å². The lowest BCUT2D eigenvalue weighted by atomic mass is 10.0. The maximum Gasteiger partial charge on any atom is 0.0439 e. The summed E-state index contributed by atoms with van der Waals surface area (Å²) in [5, 5.41) is 1.54. The topological polar surface area (TPSA) is 26.0 Å². The van der Waals surface area contributed by atoms with Crippen LogP contribution in [0.5, 0.6) is 0 Å². The molecule has 1 aliphatic rings. The van der Waals surface area contributed by atoms with E-state index >= 15 is 0 Å². The molecule has 1 aliphatic carbocycles. The minimum atomic E-state index is 0.333. The smallest absolute Gasteiger partial charge is 0.0439 e. The molecule has 0 aliphatic heterocycles. The van der Waals surface area contributed by atoms with E-state index in [1.165, 1.54) is 12.8 Å². The van der Waals surface area contributed by atoms with Gasteiger partial charge in [0.05, 0.1) is 0 Å². The molecular formula is C12H15Cl2N. The predicted molar refractivity (Wildman–Crippen MR) is 65.5 cm³/mol. The molecule has 15 heavy (non-hydrogen) atoms. The summed E-state index contributed by atoms with van der Waals surface area (Å²) in [6.07, 6.45) is 4.52. The highest BCUT2D eigenvalue weighted by atomic mass is 35.5. The van der Waals surface area contributed by atoms with E-state index in [1.807, 2.05) is 18.2 Å². The van der Waals surface area contributed by atoms with Crippen LogP contribution in [0.15, 0.2) is 18.2 Å². The van der Waals surface area contributed by atoms with E-state index in [-0.39, 0.29) is 0 Å². The number of hydrogen-bond acceptors (Lipinski definition) is 1. The van der Waals surface area contributed by atoms with Gasteiger partial charge in [-0.1, -0.05) is 23.2 Å². The Labute approximate surface area is 101 Å². The molecule has 0 saturated heterocycles. The number of rotatable bonds is 4. The summed E-state index contributed by atoms with van der Waals surface area (Å²) >= 11 is 12.0. The van der Waals surface area contributed by atoms with Crippen LogP contribution in [0, 0.1) is 5.92 Å². The van der Waals surface area contributed by atoms with Crippen molar-refractivity contribution in [2.75, 3.05) is 0 Å². The molecular weight excluding hydrogens is 229 g/mol. The fraction of sp³-hybridized carbons (Fsp3) is 0.500. The number of aryl methyl sites for hydroxylation is 1. The Morgan fingerprint density at radius 3 is 2.73 bits per heavy atom. The van der Waals surface area contributed by atoms with Gasteiger partial charge in [-0.25, -0.2) is 0 Å². The minimum Gasteiger partial charge on any atom is -0.327 e. The molecule has 0 spiro atoms. The number of benzene rings is 1. The van der Waals surface area contributed by atoms with Crippen molar-refractivity contribution in [3.63, 3.8) is 0 Å². The molecule has 0 aromatic heterocycles. The van der Waals surface area contributed by atoms with E-state index in [1.54, 1.807) is 0 Å². The van der Waals surface area contributed by atoms with Crippen molar-refractivity contribution in [3.8, 4) is 0 Å². The van der Waals surface area contributed by atoms with E-state index in [4.69, 9.17) is 28.9 Å². The Morgan fingerprint density at radius 2 is 2.07 bits per heavy atom. The molecule has 1 atom stereocenters. The molecule has 82 valence electrons. The fourth-order valence-electron chi connectivity index (χ4n) is 1.82. The van der Waals surface area contributed by atoms with Crippen LogP contribution in [0.3, 0.4) is 0 Å². The van der Waals surface area contributed by atoms with Crippen LogP contribution < -0.4 is 5.73 Å². The average Bonchev–Trinajstić information content (AvgIpc) is 3.02. The highest BCUT2D eigenvalue weighted by Crippen LogP contribution is 2.33. The van der Waals surface area contributed by atoms with Gasteiger partial charge in [-0.05, 0) is 55.4 Å². The molecule has 3 heteroatoms. The Bertz CT molecular complexity index is 347. The van der Waals surface area contributed by atoms with E-state index in [0.29, 0.717) is 6.04 Å². The third-order valence-electron chi connectivity index (χ3n) is 2.98. The van der Waals surface area contributed by atoms with Crippen molar-refractivity contribution in [1.82, 2.24) is 0 Å². The molecule has 0 amide bonds. The van der Waals surface area contributed by atoms with Crippen molar-refractivity contribution in [2.24, 2.45) is 11.7 Å². The van der Waals surface area contributed by atoms with Crippen LogP contribution in [-0.2, 0) is 6.42 Å². The van der Waals surface area contributed by atoms with Gasteiger partial charge in [-0.3, -0.25) is 0 Å².